The van der Waals surface area contributed by atoms with Gasteiger partial charge in [-0.3, -0.25) is 9.59 Å². The van der Waals surface area contributed by atoms with Crippen LogP contribution in [0.3, 0.4) is 0 Å². The minimum Gasteiger partial charge on any atom is -0.456 e. The summed E-state index contributed by atoms with van der Waals surface area (Å²) >= 11 is 0. The number of carbonyl (C=O) groups is 4. The van der Waals surface area contributed by atoms with Crippen molar-refractivity contribution in [1.82, 2.24) is 10.2 Å². The standard InChI is InChI=1S/C32H51FN2O10/c1-11-13-41-26-16(4)23(36)18(6)28-32(8,45-31(40)34-28)21(12-2)43-29(39)22(33)24(37)17(5)27(19(26)7)44-30-25(38)20(35(9)10)14-15(3)42-30/h11,15-22,25-28,30,38H,1,12-14H2,2-10H3,(H,34,40)/t15-,16+,17+,18-,19-,20+,21+,22?,25-,26+,27-,28?,30+,32-/m1/s1. The van der Waals surface area contributed by atoms with Crippen molar-refractivity contribution in [2.45, 2.75) is 122 Å². The summed E-state index contributed by atoms with van der Waals surface area (Å²) in [6, 6.07) is -1.27. The number of amides is 1. The third-order valence-corrected chi connectivity index (χ3v) is 9.77. The number of ether oxygens (including phenoxy) is 5. The van der Waals surface area contributed by atoms with Gasteiger partial charge in [0.2, 0.25) is 0 Å². The summed E-state index contributed by atoms with van der Waals surface area (Å²) in [5, 5.41) is 13.9. The molecule has 2 N–H and O–H groups in total. The molecule has 3 rings (SSSR count). The van der Waals surface area contributed by atoms with Gasteiger partial charge in [0.1, 0.15) is 18.0 Å². The van der Waals surface area contributed by atoms with Gasteiger partial charge in [-0.1, -0.05) is 40.7 Å². The van der Waals surface area contributed by atoms with E-state index < -0.39 is 90.0 Å². The monoisotopic (exact) mass is 642 g/mol. The van der Waals surface area contributed by atoms with E-state index in [1.807, 2.05) is 25.9 Å². The van der Waals surface area contributed by atoms with Crippen LogP contribution in [0.15, 0.2) is 12.7 Å². The van der Waals surface area contributed by atoms with Gasteiger partial charge in [0, 0.05) is 29.7 Å². The quantitative estimate of drug-likeness (QED) is 0.240. The molecule has 14 atom stereocenters. The summed E-state index contributed by atoms with van der Waals surface area (Å²) in [5.74, 6) is -6.53. The van der Waals surface area contributed by atoms with Crippen molar-refractivity contribution < 1.29 is 52.4 Å². The molecule has 13 heteroatoms. The molecule has 3 aliphatic rings. The Hall–Kier alpha value is -2.45. The van der Waals surface area contributed by atoms with E-state index in [0.717, 1.165) is 0 Å². The minimum absolute atomic E-state index is 0.0509. The number of carbonyl (C=O) groups excluding carboxylic acids is 4. The zero-order valence-corrected chi connectivity index (χ0v) is 27.9. The Morgan fingerprint density at radius 3 is 2.27 bits per heavy atom. The van der Waals surface area contributed by atoms with E-state index >= 15 is 4.39 Å². The predicted octanol–water partition coefficient (Wildman–Crippen LogP) is 2.59. The first-order valence-corrected chi connectivity index (χ1v) is 15.8. The van der Waals surface area contributed by atoms with Crippen LogP contribution in [0.25, 0.3) is 0 Å². The number of alkyl halides is 1. The molecule has 3 aliphatic heterocycles. The third kappa shape index (κ3) is 7.59. The van der Waals surface area contributed by atoms with Crippen LogP contribution in [0, 0.1) is 23.7 Å². The molecule has 0 aliphatic carbocycles. The van der Waals surface area contributed by atoms with E-state index in [1.54, 1.807) is 27.7 Å². The Labute approximate surface area is 265 Å². The maximum atomic E-state index is 15.8. The first-order chi connectivity index (χ1) is 21.0. The number of Topliss-reactive ketones (excluding diaryl/α,β-unsaturated/α-hetero) is 2. The number of likely N-dealkylation sites (N-methyl/N-ethyl adjacent to an activating group) is 1. The lowest BCUT2D eigenvalue weighted by Gasteiger charge is -2.45. The van der Waals surface area contributed by atoms with E-state index in [1.165, 1.54) is 19.9 Å². The van der Waals surface area contributed by atoms with Gasteiger partial charge in [-0.15, -0.1) is 6.58 Å². The van der Waals surface area contributed by atoms with Gasteiger partial charge in [-0.25, -0.2) is 14.0 Å². The number of fused-ring (bicyclic) bond motifs is 1. The normalized spacial score (nSPS) is 43.6. The lowest BCUT2D eigenvalue weighted by atomic mass is 9.74. The van der Waals surface area contributed by atoms with Gasteiger partial charge in [-0.2, -0.15) is 0 Å². The molecule has 0 saturated carbocycles. The molecule has 3 heterocycles. The Morgan fingerprint density at radius 1 is 1.07 bits per heavy atom. The van der Waals surface area contributed by atoms with Crippen molar-refractivity contribution in [2.24, 2.45) is 23.7 Å². The average molecular weight is 643 g/mol. The number of halogens is 1. The smallest absolute Gasteiger partial charge is 0.408 e. The molecule has 12 nitrogen and oxygen atoms in total. The highest BCUT2D eigenvalue weighted by molar-refractivity contribution is 6.03. The number of cyclic esters (lactones) is 1. The number of ketones is 2. The number of aliphatic hydroxyl groups is 1. The van der Waals surface area contributed by atoms with Crippen LogP contribution >= 0.6 is 0 Å². The van der Waals surface area contributed by atoms with Gasteiger partial charge < -0.3 is 39.0 Å². The summed E-state index contributed by atoms with van der Waals surface area (Å²) in [5.41, 5.74) is -1.53. The summed E-state index contributed by atoms with van der Waals surface area (Å²) in [6.45, 7) is 15.2. The molecular weight excluding hydrogens is 591 g/mol. The van der Waals surface area contributed by atoms with Gasteiger partial charge in [0.25, 0.3) is 6.17 Å². The van der Waals surface area contributed by atoms with E-state index in [9.17, 15) is 24.3 Å². The number of aliphatic hydroxyl groups excluding tert-OH is 1. The van der Waals surface area contributed by atoms with Crippen LogP contribution < -0.4 is 5.32 Å². The van der Waals surface area contributed by atoms with Gasteiger partial charge in [-0.05, 0) is 40.8 Å². The van der Waals surface area contributed by atoms with Crippen LogP contribution in [-0.2, 0) is 38.1 Å². The third-order valence-electron chi connectivity index (χ3n) is 9.77. The molecule has 45 heavy (non-hydrogen) atoms. The first-order valence-electron chi connectivity index (χ1n) is 15.8. The van der Waals surface area contributed by atoms with Crippen molar-refractivity contribution in [1.29, 1.82) is 0 Å². The second kappa shape index (κ2) is 15.0. The molecule has 3 saturated heterocycles. The van der Waals surface area contributed by atoms with E-state index in [4.69, 9.17) is 23.7 Å². The molecule has 0 aromatic heterocycles. The fourth-order valence-corrected chi connectivity index (χ4v) is 7.13. The molecule has 0 bridgehead atoms. The number of rotatable bonds is 7. The van der Waals surface area contributed by atoms with Gasteiger partial charge in [0.05, 0.1) is 31.0 Å². The zero-order chi connectivity index (χ0) is 34.0. The van der Waals surface area contributed by atoms with Crippen molar-refractivity contribution in [3.8, 4) is 0 Å². The SMILES string of the molecule is C=CCO[C@@H]1[C@@H](C)[C@H](O[C@@H]2O[C@H](C)C[C@H](N(C)C)[C@H]2O)[C@@H](C)C(=O)C(F)C(=O)O[C@@H](CC)[C@@]2(C)OC(=O)NC2[C@H](C)C(=O)[C@@H]1C. The van der Waals surface area contributed by atoms with Crippen molar-refractivity contribution in [3.05, 3.63) is 12.7 Å². The Morgan fingerprint density at radius 2 is 1.69 bits per heavy atom. The van der Waals surface area contributed by atoms with Crippen LogP contribution in [0.5, 0.6) is 0 Å². The molecule has 0 aromatic rings. The van der Waals surface area contributed by atoms with Gasteiger partial charge >= 0.3 is 12.1 Å². The van der Waals surface area contributed by atoms with Crippen molar-refractivity contribution >= 4 is 23.6 Å². The summed E-state index contributed by atoms with van der Waals surface area (Å²) < 4.78 is 45.3. The molecular formula is C32H51FN2O10. The summed E-state index contributed by atoms with van der Waals surface area (Å²) in [6.07, 6.45) is -7.20. The Kier molecular flexibility index (Phi) is 12.3. The Balaban J connectivity index is 2.13. The number of nitrogens with one attached hydrogen (secondary N) is 1. The number of nitrogens with zero attached hydrogens (tertiary/aromatic N) is 1. The fraction of sp³-hybridized carbons (Fsp3) is 0.812. The van der Waals surface area contributed by atoms with Crippen molar-refractivity contribution in [3.63, 3.8) is 0 Å². The lowest BCUT2D eigenvalue weighted by molar-refractivity contribution is -0.282. The van der Waals surface area contributed by atoms with E-state index in [0.29, 0.717) is 6.42 Å². The second-order valence-corrected chi connectivity index (χ2v) is 13.2. The Bertz CT molecular complexity index is 1110. The molecule has 0 radical (unpaired) electrons. The summed E-state index contributed by atoms with van der Waals surface area (Å²) in [4.78, 5) is 55.2. The van der Waals surface area contributed by atoms with Crippen LogP contribution in [0.4, 0.5) is 9.18 Å². The second-order valence-electron chi connectivity index (χ2n) is 13.2. The molecule has 2 unspecified atom stereocenters. The number of alkyl carbamates (subject to hydrolysis) is 1. The zero-order valence-electron chi connectivity index (χ0n) is 27.9. The predicted molar refractivity (Wildman–Crippen MR) is 161 cm³/mol. The highest BCUT2D eigenvalue weighted by Crippen LogP contribution is 2.38. The summed E-state index contributed by atoms with van der Waals surface area (Å²) in [7, 11) is 3.64. The van der Waals surface area contributed by atoms with E-state index in [-0.39, 0.29) is 31.0 Å². The van der Waals surface area contributed by atoms with Crippen LogP contribution in [0.1, 0.15) is 61.3 Å². The topological polar surface area (TPSA) is 150 Å². The van der Waals surface area contributed by atoms with E-state index in [2.05, 4.69) is 11.9 Å². The lowest BCUT2D eigenvalue weighted by Crippen LogP contribution is -2.59. The van der Waals surface area contributed by atoms with Gasteiger partial charge in [0.15, 0.2) is 17.7 Å². The maximum Gasteiger partial charge on any atom is 0.408 e. The average Bonchev–Trinajstić information content (AvgIpc) is 3.31. The van der Waals surface area contributed by atoms with Crippen molar-refractivity contribution in [2.75, 3.05) is 20.7 Å². The molecule has 0 aromatic carbocycles. The number of hydrogen-bond donors (Lipinski definition) is 2. The maximum absolute atomic E-state index is 15.8. The van der Waals surface area contributed by atoms with Crippen LogP contribution in [0.2, 0.25) is 0 Å². The first kappa shape index (κ1) is 37.0. The number of esters is 1. The minimum atomic E-state index is -2.68. The number of hydrogen-bond acceptors (Lipinski definition) is 11. The fourth-order valence-electron chi connectivity index (χ4n) is 7.13. The highest BCUT2D eigenvalue weighted by Gasteiger charge is 2.57. The largest absolute Gasteiger partial charge is 0.456 e. The molecule has 0 spiro atoms. The molecule has 1 amide bonds. The van der Waals surface area contributed by atoms with Crippen LogP contribution in [-0.4, -0.2) is 115 Å². The molecule has 3 fully saturated rings. The molecule has 256 valence electrons. The highest BCUT2D eigenvalue weighted by atomic mass is 19.1.